The van der Waals surface area contributed by atoms with Gasteiger partial charge in [0.25, 0.3) is 0 Å². The van der Waals surface area contributed by atoms with E-state index in [0.29, 0.717) is 13.0 Å². The summed E-state index contributed by atoms with van der Waals surface area (Å²) in [6.45, 7) is 8.11. The van der Waals surface area contributed by atoms with Gasteiger partial charge >= 0.3 is 11.9 Å². The Morgan fingerprint density at radius 2 is 1.63 bits per heavy atom. The molecule has 0 saturated carbocycles. The largest absolute Gasteiger partial charge is 0.463 e. The van der Waals surface area contributed by atoms with Crippen molar-refractivity contribution in [2.24, 2.45) is 0 Å². The Morgan fingerprint density at radius 3 is 2.21 bits per heavy atom. The zero-order chi connectivity index (χ0) is 14.7. The molecule has 0 fully saturated rings. The molecule has 0 bridgehead atoms. The minimum Gasteiger partial charge on any atom is -0.463 e. The van der Waals surface area contributed by atoms with Gasteiger partial charge in [0, 0.05) is 12.2 Å². The maximum absolute atomic E-state index is 11.4. The smallest absolute Gasteiger partial charge is 0.331 e. The van der Waals surface area contributed by atoms with Crippen molar-refractivity contribution in [1.29, 1.82) is 0 Å². The molecule has 0 spiro atoms. The quantitative estimate of drug-likeness (QED) is 0.366. The lowest BCUT2D eigenvalue weighted by molar-refractivity contribution is -0.151. The molecule has 0 aliphatic rings. The molecule has 0 atom stereocenters. The van der Waals surface area contributed by atoms with Crippen molar-refractivity contribution in [3.05, 3.63) is 12.2 Å². The van der Waals surface area contributed by atoms with Gasteiger partial charge in [-0.3, -0.25) is 0 Å². The fourth-order valence-electron chi connectivity index (χ4n) is 1.26. The summed E-state index contributed by atoms with van der Waals surface area (Å²) in [6.07, 6.45) is 7.16. The Balaban J connectivity index is 3.86. The first kappa shape index (κ1) is 17.7. The predicted octanol–water partition coefficient (Wildman–Crippen LogP) is 3.40. The van der Waals surface area contributed by atoms with Crippen LogP contribution in [0, 0.1) is 0 Å². The molecular weight excluding hydrogens is 244 g/mol. The predicted molar refractivity (Wildman–Crippen MR) is 74.7 cm³/mol. The van der Waals surface area contributed by atoms with Crippen molar-refractivity contribution in [1.82, 2.24) is 0 Å². The molecule has 19 heavy (non-hydrogen) atoms. The molecule has 0 saturated heterocycles. The number of rotatable bonds is 9. The average molecular weight is 270 g/mol. The van der Waals surface area contributed by atoms with Crippen LogP contribution < -0.4 is 0 Å². The van der Waals surface area contributed by atoms with Crippen LogP contribution in [0.15, 0.2) is 12.2 Å². The molecule has 4 nitrogen and oxygen atoms in total. The van der Waals surface area contributed by atoms with Gasteiger partial charge in [0.1, 0.15) is 5.60 Å². The first-order chi connectivity index (χ1) is 8.91. The third-order valence-corrected chi connectivity index (χ3v) is 2.83. The van der Waals surface area contributed by atoms with Crippen LogP contribution in [0.1, 0.15) is 59.8 Å². The van der Waals surface area contributed by atoms with Gasteiger partial charge in [0.15, 0.2) is 0 Å². The Hall–Kier alpha value is -1.32. The number of carbonyl (C=O) groups is 2. The van der Waals surface area contributed by atoms with Crippen molar-refractivity contribution in [2.45, 2.75) is 65.4 Å². The average Bonchev–Trinajstić information content (AvgIpc) is 2.35. The zero-order valence-corrected chi connectivity index (χ0v) is 12.5. The van der Waals surface area contributed by atoms with E-state index in [1.807, 2.05) is 20.8 Å². The highest BCUT2D eigenvalue weighted by atomic mass is 16.6. The lowest BCUT2D eigenvalue weighted by Crippen LogP contribution is -2.26. The van der Waals surface area contributed by atoms with E-state index in [2.05, 4.69) is 6.92 Å². The summed E-state index contributed by atoms with van der Waals surface area (Å²) < 4.78 is 10.1. The molecule has 0 unspecified atom stereocenters. The molecule has 0 radical (unpaired) electrons. The number of carbonyl (C=O) groups excluding carboxylic acids is 2. The molecular formula is C15H26O4. The van der Waals surface area contributed by atoms with Crippen LogP contribution in [0.4, 0.5) is 0 Å². The standard InChI is InChI=1S/C15H26O4/c1-5-7-8-9-12-18-13(16)10-11-14(17)19-15(3,4)6-2/h10-11H,5-9,12H2,1-4H3/b11-10+. The Morgan fingerprint density at radius 1 is 1.00 bits per heavy atom. The van der Waals surface area contributed by atoms with Crippen LogP contribution in [-0.4, -0.2) is 24.1 Å². The van der Waals surface area contributed by atoms with E-state index in [9.17, 15) is 9.59 Å². The fraction of sp³-hybridized carbons (Fsp3) is 0.733. The molecule has 0 N–H and O–H groups in total. The van der Waals surface area contributed by atoms with Gasteiger partial charge in [-0.15, -0.1) is 0 Å². The minimum absolute atomic E-state index is 0.401. The first-order valence-electron chi connectivity index (χ1n) is 6.99. The van der Waals surface area contributed by atoms with Crippen LogP contribution in [0.5, 0.6) is 0 Å². The van der Waals surface area contributed by atoms with Gasteiger partial charge < -0.3 is 9.47 Å². The molecule has 0 heterocycles. The summed E-state index contributed by atoms with van der Waals surface area (Å²) in [5, 5.41) is 0. The second kappa shape index (κ2) is 9.59. The Bertz CT molecular complexity index is 305. The summed E-state index contributed by atoms with van der Waals surface area (Å²) in [5.41, 5.74) is -0.508. The summed E-state index contributed by atoms with van der Waals surface area (Å²) >= 11 is 0. The fourth-order valence-corrected chi connectivity index (χ4v) is 1.26. The molecule has 0 aliphatic heterocycles. The van der Waals surface area contributed by atoms with Gasteiger partial charge in [0.2, 0.25) is 0 Å². The molecule has 0 rings (SSSR count). The highest BCUT2D eigenvalue weighted by molar-refractivity contribution is 5.91. The minimum atomic E-state index is -0.519. The Kier molecular flexibility index (Phi) is 8.92. The van der Waals surface area contributed by atoms with E-state index >= 15 is 0 Å². The second-order valence-electron chi connectivity index (χ2n) is 5.10. The number of unbranched alkanes of at least 4 members (excludes halogenated alkanes) is 3. The Labute approximate surface area is 116 Å². The van der Waals surface area contributed by atoms with E-state index in [1.54, 1.807) is 0 Å². The molecule has 0 amide bonds. The van der Waals surface area contributed by atoms with Crippen molar-refractivity contribution < 1.29 is 19.1 Å². The zero-order valence-electron chi connectivity index (χ0n) is 12.5. The molecule has 0 aliphatic carbocycles. The van der Waals surface area contributed by atoms with E-state index in [4.69, 9.17) is 9.47 Å². The summed E-state index contributed by atoms with van der Waals surface area (Å²) in [7, 11) is 0. The van der Waals surface area contributed by atoms with Crippen LogP contribution in [0.3, 0.4) is 0 Å². The molecule has 0 aromatic heterocycles. The van der Waals surface area contributed by atoms with Gasteiger partial charge in [0.05, 0.1) is 6.61 Å². The van der Waals surface area contributed by atoms with E-state index in [-0.39, 0.29) is 0 Å². The monoisotopic (exact) mass is 270 g/mol. The third kappa shape index (κ3) is 10.3. The lowest BCUT2D eigenvalue weighted by atomic mass is 10.1. The molecule has 0 aromatic carbocycles. The van der Waals surface area contributed by atoms with Crippen LogP contribution >= 0.6 is 0 Å². The van der Waals surface area contributed by atoms with E-state index in [0.717, 1.165) is 37.8 Å². The molecule has 110 valence electrons. The highest BCUT2D eigenvalue weighted by Crippen LogP contribution is 2.13. The van der Waals surface area contributed by atoms with Gasteiger partial charge in [-0.25, -0.2) is 9.59 Å². The summed E-state index contributed by atoms with van der Waals surface area (Å²) in [5.74, 6) is -1.02. The highest BCUT2D eigenvalue weighted by Gasteiger charge is 2.18. The first-order valence-corrected chi connectivity index (χ1v) is 6.99. The number of hydrogen-bond donors (Lipinski definition) is 0. The van der Waals surface area contributed by atoms with E-state index in [1.165, 1.54) is 0 Å². The van der Waals surface area contributed by atoms with Crippen molar-refractivity contribution in [3.63, 3.8) is 0 Å². The third-order valence-electron chi connectivity index (χ3n) is 2.83. The maximum Gasteiger partial charge on any atom is 0.331 e. The van der Waals surface area contributed by atoms with Gasteiger partial charge in [-0.1, -0.05) is 33.1 Å². The topological polar surface area (TPSA) is 52.6 Å². The summed E-state index contributed by atoms with van der Waals surface area (Å²) in [6, 6.07) is 0. The van der Waals surface area contributed by atoms with Crippen molar-refractivity contribution >= 4 is 11.9 Å². The molecule has 4 heteroatoms. The lowest BCUT2D eigenvalue weighted by Gasteiger charge is -2.22. The number of esters is 2. The van der Waals surface area contributed by atoms with Gasteiger partial charge in [-0.05, 0) is 26.7 Å². The molecule has 0 aromatic rings. The van der Waals surface area contributed by atoms with Crippen molar-refractivity contribution in [2.75, 3.05) is 6.61 Å². The maximum atomic E-state index is 11.4. The van der Waals surface area contributed by atoms with Gasteiger partial charge in [-0.2, -0.15) is 0 Å². The number of ether oxygens (including phenoxy) is 2. The van der Waals surface area contributed by atoms with Crippen molar-refractivity contribution in [3.8, 4) is 0 Å². The van der Waals surface area contributed by atoms with E-state index < -0.39 is 17.5 Å². The SMILES string of the molecule is CCCCCCOC(=O)/C=C/C(=O)OC(C)(C)CC. The summed E-state index contributed by atoms with van der Waals surface area (Å²) in [4.78, 5) is 22.7. The normalized spacial score (nSPS) is 11.6. The van der Waals surface area contributed by atoms with Crippen LogP contribution in [0.2, 0.25) is 0 Å². The number of hydrogen-bond acceptors (Lipinski definition) is 4. The van der Waals surface area contributed by atoms with Crippen LogP contribution in [-0.2, 0) is 19.1 Å². The van der Waals surface area contributed by atoms with Crippen LogP contribution in [0.25, 0.3) is 0 Å². The second-order valence-corrected chi connectivity index (χ2v) is 5.10.